The van der Waals surface area contributed by atoms with Gasteiger partial charge in [-0.3, -0.25) is 44.1 Å². The molecule has 0 saturated heterocycles. The molecular weight excluding hydrogens is 1130 g/mol. The summed E-state index contributed by atoms with van der Waals surface area (Å²) < 4.78 is 8.65. The number of anilines is 3. The lowest BCUT2D eigenvalue weighted by molar-refractivity contribution is 0.863. The second-order valence-corrected chi connectivity index (χ2v) is 21.7. The van der Waals surface area contributed by atoms with Crippen molar-refractivity contribution in [1.82, 2.24) is 43.0 Å². The fourth-order valence-electron chi connectivity index (χ4n) is 10.1. The van der Waals surface area contributed by atoms with Gasteiger partial charge in [-0.15, -0.1) is 0 Å². The van der Waals surface area contributed by atoms with Crippen molar-refractivity contribution in [3.63, 3.8) is 0 Å². The van der Waals surface area contributed by atoms with Crippen LogP contribution in [-0.2, 0) is 21.1 Å². The maximum Gasteiger partial charge on any atom is 0.281 e. The van der Waals surface area contributed by atoms with Crippen molar-refractivity contribution in [1.29, 1.82) is 0 Å². The van der Waals surface area contributed by atoms with E-state index in [1.54, 1.807) is 93.9 Å². The van der Waals surface area contributed by atoms with E-state index in [4.69, 9.17) is 34.8 Å². The van der Waals surface area contributed by atoms with Crippen molar-refractivity contribution >= 4 is 84.6 Å². The molecule has 6 aromatic heterocycles. The zero-order chi connectivity index (χ0) is 60.0. The Labute approximate surface area is 494 Å². The maximum absolute atomic E-state index is 13.3. The second-order valence-electron chi connectivity index (χ2n) is 20.5. The molecule has 0 fully saturated rings. The van der Waals surface area contributed by atoms with Gasteiger partial charge in [-0.05, 0) is 72.8 Å². The van der Waals surface area contributed by atoms with Gasteiger partial charge in [0.05, 0.1) is 81.9 Å². The minimum Gasteiger partial charge on any atom is -0.378 e. The lowest BCUT2D eigenvalue weighted by atomic mass is 10.1. The molecule has 0 atom stereocenters. The van der Waals surface area contributed by atoms with Crippen LogP contribution in [0.5, 0.6) is 0 Å². The number of aromatic amines is 3. The van der Waals surface area contributed by atoms with Crippen molar-refractivity contribution in [2.75, 3.05) is 57.0 Å². The van der Waals surface area contributed by atoms with E-state index >= 15 is 0 Å². The highest BCUT2D eigenvalue weighted by Gasteiger charge is 2.23. The fourth-order valence-corrected chi connectivity index (χ4v) is 10.7. The number of hydrogen-bond acceptors (Lipinski definition) is 9. The average molecular weight is 1180 g/mol. The quantitative estimate of drug-likeness (QED) is 0.126. The zero-order valence-electron chi connectivity index (χ0n) is 47.2. The molecule has 18 nitrogen and oxygen atoms in total. The number of hydrogen-bond donors (Lipinski definition) is 3. The molecule has 21 heteroatoms. The van der Waals surface area contributed by atoms with E-state index in [1.807, 2.05) is 130 Å². The minimum absolute atomic E-state index is 0.203. The minimum atomic E-state index is -0.260. The molecular formula is C63H57Cl3N12O6. The van der Waals surface area contributed by atoms with Gasteiger partial charge >= 0.3 is 0 Å². The number of nitrogens with zero attached hydrogens (tertiary/aromatic N) is 9. The van der Waals surface area contributed by atoms with Crippen LogP contribution in [0.4, 0.5) is 17.1 Å². The first-order valence-corrected chi connectivity index (χ1v) is 27.4. The standard InChI is InChI=1S/3C21H19ClN4O2/c3*1-24(2)14-8-6-7-13(11-14)20-19-16(12-18(27)25(20)3)23-26(21(19)28)17-10-5-4-9-15(17)22/h3*4-12,23H,1-3H3. The van der Waals surface area contributed by atoms with Crippen molar-refractivity contribution in [2.24, 2.45) is 21.1 Å². The van der Waals surface area contributed by atoms with E-state index < -0.39 is 0 Å². The van der Waals surface area contributed by atoms with Gasteiger partial charge in [0.2, 0.25) is 0 Å². The van der Waals surface area contributed by atoms with Crippen LogP contribution in [0.3, 0.4) is 0 Å². The van der Waals surface area contributed by atoms with Crippen LogP contribution in [0.15, 0.2) is 193 Å². The molecule has 0 spiro atoms. The second kappa shape index (κ2) is 23.2. The Bertz CT molecular complexity index is 4430. The number of rotatable bonds is 9. The Morgan fingerprint density at radius 2 is 0.583 bits per heavy atom. The molecule has 12 aromatic rings. The third-order valence-corrected chi connectivity index (χ3v) is 15.4. The highest BCUT2D eigenvalue weighted by Crippen LogP contribution is 2.32. The van der Waals surface area contributed by atoms with E-state index in [-0.39, 0.29) is 33.4 Å². The number of aromatic nitrogens is 9. The van der Waals surface area contributed by atoms with Crippen LogP contribution in [0.2, 0.25) is 15.1 Å². The molecule has 0 saturated carbocycles. The van der Waals surface area contributed by atoms with Gasteiger partial charge in [0.15, 0.2) is 0 Å². The van der Waals surface area contributed by atoms with Gasteiger partial charge in [0.25, 0.3) is 33.4 Å². The molecule has 12 rings (SSSR count). The number of pyridine rings is 3. The Hall–Kier alpha value is -9.75. The summed E-state index contributed by atoms with van der Waals surface area (Å²) in [4.78, 5) is 83.5. The first kappa shape index (κ1) is 57.5. The molecule has 0 radical (unpaired) electrons. The fraction of sp³-hybridized carbons (Fsp3) is 0.143. The van der Waals surface area contributed by atoms with E-state index in [0.29, 0.717) is 81.9 Å². The predicted molar refractivity (Wildman–Crippen MR) is 342 cm³/mol. The predicted octanol–water partition coefficient (Wildman–Crippen LogP) is 10.2. The van der Waals surface area contributed by atoms with Gasteiger partial charge in [-0.1, -0.05) is 108 Å². The summed E-state index contributed by atoms with van der Waals surface area (Å²) in [6.45, 7) is 0. The summed E-state index contributed by atoms with van der Waals surface area (Å²) in [5.74, 6) is 0. The number of halogens is 3. The molecule has 0 unspecified atom stereocenters. The highest BCUT2D eigenvalue weighted by molar-refractivity contribution is 6.33. The highest BCUT2D eigenvalue weighted by atomic mass is 35.5. The van der Waals surface area contributed by atoms with Crippen LogP contribution in [-0.4, -0.2) is 85.3 Å². The number of H-pyrrole nitrogens is 3. The zero-order valence-corrected chi connectivity index (χ0v) is 49.5. The van der Waals surface area contributed by atoms with Gasteiger partial charge in [0, 0.05) is 115 Å². The van der Waals surface area contributed by atoms with Crippen molar-refractivity contribution in [2.45, 2.75) is 0 Å². The maximum atomic E-state index is 13.3. The Morgan fingerprint density at radius 3 is 0.821 bits per heavy atom. The first-order chi connectivity index (χ1) is 40.1. The van der Waals surface area contributed by atoms with Crippen LogP contribution < -0.4 is 48.1 Å². The van der Waals surface area contributed by atoms with Crippen molar-refractivity contribution in [3.05, 3.63) is 241 Å². The molecule has 6 heterocycles. The number of nitrogens with one attached hydrogen (secondary N) is 3. The molecule has 84 heavy (non-hydrogen) atoms. The van der Waals surface area contributed by atoms with Crippen LogP contribution in [0.1, 0.15) is 0 Å². The average Bonchev–Trinajstić information content (AvgIpc) is 3.96. The molecule has 3 N–H and O–H groups in total. The monoisotopic (exact) mass is 1180 g/mol. The van der Waals surface area contributed by atoms with Crippen LogP contribution >= 0.6 is 34.8 Å². The van der Waals surface area contributed by atoms with Gasteiger partial charge in [0.1, 0.15) is 0 Å². The SMILES string of the molecule is CN(C)c1cccc(-c2c3c(=O)n(-c4ccccc4Cl)[nH]c3cc(=O)n2C)c1.CN(C)c1cccc(-c2c3c(=O)n(-c4ccccc4Cl)[nH]c3cc(=O)n2C)c1.CN(C)c1cccc(-c2c3c(=O)n(-c4ccccc4Cl)[nH]c3cc(=O)n2C)c1. The molecule has 426 valence electrons. The van der Waals surface area contributed by atoms with Gasteiger partial charge in [-0.2, -0.15) is 0 Å². The molecule has 0 aliphatic rings. The third-order valence-electron chi connectivity index (χ3n) is 14.5. The summed E-state index contributed by atoms with van der Waals surface area (Å²) in [5.41, 5.74) is 8.63. The summed E-state index contributed by atoms with van der Waals surface area (Å²) in [6, 6.07) is 48.7. The van der Waals surface area contributed by atoms with E-state index in [0.717, 1.165) is 33.8 Å². The Kier molecular flexibility index (Phi) is 15.9. The van der Waals surface area contributed by atoms with Crippen molar-refractivity contribution in [3.8, 4) is 50.8 Å². The van der Waals surface area contributed by atoms with Crippen LogP contribution in [0.25, 0.3) is 83.5 Å². The summed E-state index contributed by atoms with van der Waals surface area (Å²) >= 11 is 18.8. The smallest absolute Gasteiger partial charge is 0.281 e. The third kappa shape index (κ3) is 10.7. The van der Waals surface area contributed by atoms with Gasteiger partial charge in [-0.25, -0.2) is 14.0 Å². The van der Waals surface area contributed by atoms with Gasteiger partial charge < -0.3 is 28.4 Å². The van der Waals surface area contributed by atoms with Crippen LogP contribution in [0, 0.1) is 0 Å². The van der Waals surface area contributed by atoms with E-state index in [9.17, 15) is 28.8 Å². The topological polar surface area (TPSA) is 189 Å². The molecule has 6 aromatic carbocycles. The molecule has 0 amide bonds. The number of fused-ring (bicyclic) bond motifs is 3. The summed E-state index contributed by atoms with van der Waals surface area (Å²) in [6.07, 6.45) is 0. The Balaban J connectivity index is 0.000000140. The largest absolute Gasteiger partial charge is 0.378 e. The lowest BCUT2D eigenvalue weighted by Crippen LogP contribution is -2.20. The van der Waals surface area contributed by atoms with Crippen molar-refractivity contribution < 1.29 is 0 Å². The van der Waals surface area contributed by atoms with E-state index in [2.05, 4.69) is 15.3 Å². The number of para-hydroxylation sites is 3. The molecule has 0 aliphatic carbocycles. The number of benzene rings is 6. The summed E-state index contributed by atoms with van der Waals surface area (Å²) in [7, 11) is 16.7. The normalized spacial score (nSPS) is 11.1. The Morgan fingerprint density at radius 1 is 0.333 bits per heavy atom. The molecule has 0 bridgehead atoms. The lowest BCUT2D eigenvalue weighted by Gasteiger charge is -2.15. The first-order valence-electron chi connectivity index (χ1n) is 26.3. The summed E-state index contributed by atoms with van der Waals surface area (Å²) in [5, 5.41) is 11.8. The molecule has 0 aliphatic heterocycles. The van der Waals surface area contributed by atoms with E-state index in [1.165, 1.54) is 45.9 Å².